The largest absolute Gasteiger partial charge is 0.309 e. The molecule has 2 nitrogen and oxygen atoms in total. The van der Waals surface area contributed by atoms with Crippen LogP contribution < -0.4 is 5.32 Å². The molecule has 0 aromatic heterocycles. The molecule has 114 valence electrons. The monoisotopic (exact) mass is 344 g/mol. The van der Waals surface area contributed by atoms with Crippen molar-refractivity contribution in [3.8, 4) is 0 Å². The minimum atomic E-state index is -0.163. The maximum absolute atomic E-state index is 13.9. The third-order valence-corrected chi connectivity index (χ3v) is 4.07. The molecule has 20 heavy (non-hydrogen) atoms. The summed E-state index contributed by atoms with van der Waals surface area (Å²) in [5.41, 5.74) is 0.717. The maximum Gasteiger partial charge on any atom is 0.129 e. The Morgan fingerprint density at radius 3 is 2.25 bits per heavy atom. The second-order valence-electron chi connectivity index (χ2n) is 5.77. The van der Waals surface area contributed by atoms with Gasteiger partial charge in [0.1, 0.15) is 5.82 Å². The SMILES string of the molecule is CC(NCCN(C(C)C)C(C)C)c1ccc(Br)cc1F. The van der Waals surface area contributed by atoms with Crippen molar-refractivity contribution in [1.82, 2.24) is 10.2 Å². The van der Waals surface area contributed by atoms with Gasteiger partial charge in [-0.15, -0.1) is 0 Å². The van der Waals surface area contributed by atoms with Crippen molar-refractivity contribution in [3.05, 3.63) is 34.1 Å². The summed E-state index contributed by atoms with van der Waals surface area (Å²) >= 11 is 3.28. The number of rotatable bonds is 7. The fourth-order valence-electron chi connectivity index (χ4n) is 2.49. The Morgan fingerprint density at radius 1 is 1.15 bits per heavy atom. The standard InChI is InChI=1S/C16H26BrFN2/c1-11(2)20(12(3)4)9-8-19-13(5)15-7-6-14(17)10-16(15)18/h6-7,10-13,19H,8-9H2,1-5H3. The van der Waals surface area contributed by atoms with Gasteiger partial charge in [-0.1, -0.05) is 22.0 Å². The normalized spacial score (nSPS) is 13.5. The fourth-order valence-corrected chi connectivity index (χ4v) is 2.82. The highest BCUT2D eigenvalue weighted by molar-refractivity contribution is 9.10. The van der Waals surface area contributed by atoms with Crippen molar-refractivity contribution in [2.75, 3.05) is 13.1 Å². The summed E-state index contributed by atoms with van der Waals surface area (Å²) in [5, 5.41) is 3.40. The van der Waals surface area contributed by atoms with Crippen LogP contribution in [0.1, 0.15) is 46.2 Å². The lowest BCUT2D eigenvalue weighted by molar-refractivity contribution is 0.174. The lowest BCUT2D eigenvalue weighted by atomic mass is 10.1. The number of hydrogen-bond acceptors (Lipinski definition) is 2. The van der Waals surface area contributed by atoms with Crippen LogP contribution in [0.5, 0.6) is 0 Å². The molecule has 0 bridgehead atoms. The third-order valence-electron chi connectivity index (χ3n) is 3.58. The first kappa shape index (κ1) is 17.6. The molecule has 0 saturated carbocycles. The molecule has 0 heterocycles. The molecule has 0 radical (unpaired) electrons. The highest BCUT2D eigenvalue weighted by Crippen LogP contribution is 2.20. The van der Waals surface area contributed by atoms with Crippen LogP contribution in [0.25, 0.3) is 0 Å². The molecule has 0 aliphatic heterocycles. The van der Waals surface area contributed by atoms with Crippen molar-refractivity contribution < 1.29 is 4.39 Å². The average Bonchev–Trinajstić information content (AvgIpc) is 2.33. The molecule has 0 saturated heterocycles. The fraction of sp³-hybridized carbons (Fsp3) is 0.625. The highest BCUT2D eigenvalue weighted by atomic mass is 79.9. The second kappa shape index (κ2) is 8.11. The third kappa shape index (κ3) is 5.15. The Hall–Kier alpha value is -0.450. The van der Waals surface area contributed by atoms with Crippen molar-refractivity contribution in [2.24, 2.45) is 0 Å². The number of benzene rings is 1. The van der Waals surface area contributed by atoms with E-state index in [0.717, 1.165) is 17.6 Å². The van der Waals surface area contributed by atoms with Crippen LogP contribution in [0.2, 0.25) is 0 Å². The molecule has 1 aromatic rings. The van der Waals surface area contributed by atoms with E-state index in [1.165, 1.54) is 6.07 Å². The molecule has 1 atom stereocenters. The van der Waals surface area contributed by atoms with Gasteiger partial charge in [0.2, 0.25) is 0 Å². The van der Waals surface area contributed by atoms with E-state index < -0.39 is 0 Å². The molecular weight excluding hydrogens is 319 g/mol. The van der Waals surface area contributed by atoms with Crippen LogP contribution in [0, 0.1) is 5.82 Å². The summed E-state index contributed by atoms with van der Waals surface area (Å²) < 4.78 is 14.6. The molecule has 1 rings (SSSR count). The van der Waals surface area contributed by atoms with Crippen molar-refractivity contribution >= 4 is 15.9 Å². The molecule has 0 aliphatic carbocycles. The number of nitrogens with one attached hydrogen (secondary N) is 1. The summed E-state index contributed by atoms with van der Waals surface area (Å²) in [7, 11) is 0. The Morgan fingerprint density at radius 2 is 1.75 bits per heavy atom. The van der Waals surface area contributed by atoms with Crippen molar-refractivity contribution in [3.63, 3.8) is 0 Å². The second-order valence-corrected chi connectivity index (χ2v) is 6.68. The average molecular weight is 345 g/mol. The van der Waals surface area contributed by atoms with Crippen LogP contribution in [-0.4, -0.2) is 30.1 Å². The van der Waals surface area contributed by atoms with Crippen LogP contribution in [0.3, 0.4) is 0 Å². The van der Waals surface area contributed by atoms with Crippen molar-refractivity contribution in [2.45, 2.75) is 52.7 Å². The first-order valence-electron chi connectivity index (χ1n) is 7.27. The van der Waals surface area contributed by atoms with Gasteiger partial charge in [-0.2, -0.15) is 0 Å². The van der Waals surface area contributed by atoms with E-state index in [1.807, 2.05) is 19.1 Å². The quantitative estimate of drug-likeness (QED) is 0.790. The van der Waals surface area contributed by atoms with E-state index in [4.69, 9.17) is 0 Å². The molecule has 0 amide bonds. The summed E-state index contributed by atoms with van der Waals surface area (Å²) in [6.07, 6.45) is 0. The van der Waals surface area contributed by atoms with Crippen molar-refractivity contribution in [1.29, 1.82) is 0 Å². The lowest BCUT2D eigenvalue weighted by Gasteiger charge is -2.31. The zero-order chi connectivity index (χ0) is 15.3. The highest BCUT2D eigenvalue weighted by Gasteiger charge is 2.14. The Bertz CT molecular complexity index is 413. The maximum atomic E-state index is 13.9. The molecule has 0 fully saturated rings. The molecule has 0 aliphatic rings. The molecule has 0 spiro atoms. The molecule has 1 N–H and O–H groups in total. The molecule has 1 aromatic carbocycles. The molecule has 4 heteroatoms. The topological polar surface area (TPSA) is 15.3 Å². The number of nitrogens with zero attached hydrogens (tertiary/aromatic N) is 1. The van der Waals surface area contributed by atoms with E-state index in [0.29, 0.717) is 17.6 Å². The van der Waals surface area contributed by atoms with Crippen LogP contribution >= 0.6 is 15.9 Å². The molecule has 1 unspecified atom stereocenters. The zero-order valence-corrected chi connectivity index (χ0v) is 14.7. The summed E-state index contributed by atoms with van der Waals surface area (Å²) in [6.45, 7) is 12.7. The van der Waals surface area contributed by atoms with Crippen LogP contribution in [-0.2, 0) is 0 Å². The molecular formula is C16H26BrFN2. The van der Waals surface area contributed by atoms with Crippen LogP contribution in [0.4, 0.5) is 4.39 Å². The zero-order valence-electron chi connectivity index (χ0n) is 13.1. The van der Waals surface area contributed by atoms with Gasteiger partial charge in [0.15, 0.2) is 0 Å². The van der Waals surface area contributed by atoms with E-state index in [9.17, 15) is 4.39 Å². The number of hydrogen-bond donors (Lipinski definition) is 1. The predicted octanol–water partition coefficient (Wildman–Crippen LogP) is 4.36. The van der Waals surface area contributed by atoms with E-state index in [1.54, 1.807) is 0 Å². The van der Waals surface area contributed by atoms with E-state index in [-0.39, 0.29) is 11.9 Å². The lowest BCUT2D eigenvalue weighted by Crippen LogP contribution is -2.41. The first-order valence-corrected chi connectivity index (χ1v) is 8.06. The van der Waals surface area contributed by atoms with E-state index in [2.05, 4.69) is 53.8 Å². The minimum Gasteiger partial charge on any atom is -0.309 e. The first-order chi connectivity index (χ1) is 9.32. The Balaban J connectivity index is 2.53. The van der Waals surface area contributed by atoms with Gasteiger partial charge in [-0.3, -0.25) is 4.90 Å². The Labute approximate surface area is 130 Å². The summed E-state index contributed by atoms with van der Waals surface area (Å²) in [6, 6.07) is 6.30. The van der Waals surface area contributed by atoms with Gasteiger partial charge in [-0.05, 0) is 46.8 Å². The summed E-state index contributed by atoms with van der Waals surface area (Å²) in [5.74, 6) is -0.163. The predicted molar refractivity (Wildman–Crippen MR) is 87.5 cm³/mol. The smallest absolute Gasteiger partial charge is 0.129 e. The van der Waals surface area contributed by atoms with Gasteiger partial charge in [0, 0.05) is 41.3 Å². The van der Waals surface area contributed by atoms with Gasteiger partial charge in [0.05, 0.1) is 0 Å². The van der Waals surface area contributed by atoms with E-state index >= 15 is 0 Å². The van der Waals surface area contributed by atoms with Gasteiger partial charge >= 0.3 is 0 Å². The minimum absolute atomic E-state index is 0.0178. The van der Waals surface area contributed by atoms with Gasteiger partial charge < -0.3 is 5.32 Å². The van der Waals surface area contributed by atoms with Gasteiger partial charge in [0.25, 0.3) is 0 Å². The van der Waals surface area contributed by atoms with Gasteiger partial charge in [-0.25, -0.2) is 4.39 Å². The summed E-state index contributed by atoms with van der Waals surface area (Å²) in [4.78, 5) is 2.43. The Kier molecular flexibility index (Phi) is 7.13. The number of halogens is 2. The van der Waals surface area contributed by atoms with Crippen LogP contribution in [0.15, 0.2) is 22.7 Å².